The predicted octanol–water partition coefficient (Wildman–Crippen LogP) is 5.61. The Bertz CT molecular complexity index is 1840. The maximum Gasteiger partial charge on any atom is 0.407 e. The zero-order valence-corrected chi connectivity index (χ0v) is 23.4. The number of hydrogen-bond acceptors (Lipinski definition) is 5. The maximum atomic E-state index is 13.4. The minimum absolute atomic E-state index is 0.0434. The van der Waals surface area contributed by atoms with Crippen LogP contribution >= 0.6 is 0 Å². The molecule has 10 heteroatoms. The average molecular weight is 565 g/mol. The van der Waals surface area contributed by atoms with Crippen LogP contribution in [-0.4, -0.2) is 54.6 Å². The maximum absolute atomic E-state index is 13.4. The fourth-order valence-corrected chi connectivity index (χ4v) is 6.02. The van der Waals surface area contributed by atoms with E-state index in [0.717, 1.165) is 34.7 Å². The first-order chi connectivity index (χ1) is 20.3. The molecule has 3 heterocycles. The number of aromatic nitrogens is 4. The number of hydrogen-bond donors (Lipinski definition) is 3. The molecule has 1 saturated heterocycles. The van der Waals surface area contributed by atoms with Gasteiger partial charge in [-0.15, -0.1) is 0 Å². The van der Waals surface area contributed by atoms with Crippen molar-refractivity contribution in [1.29, 1.82) is 0 Å². The Kier molecular flexibility index (Phi) is 7.20. The summed E-state index contributed by atoms with van der Waals surface area (Å²) >= 11 is 0. The van der Waals surface area contributed by atoms with E-state index in [1.54, 1.807) is 23.1 Å². The summed E-state index contributed by atoms with van der Waals surface area (Å²) in [5.74, 6) is 0.146. The lowest BCUT2D eigenvalue weighted by atomic mass is 9.85. The summed E-state index contributed by atoms with van der Waals surface area (Å²) in [4.78, 5) is 38.9. The molecule has 0 aliphatic carbocycles. The van der Waals surface area contributed by atoms with Crippen molar-refractivity contribution in [3.63, 3.8) is 0 Å². The first-order valence-electron chi connectivity index (χ1n) is 14.1. The second-order valence-corrected chi connectivity index (χ2v) is 11.2. The van der Waals surface area contributed by atoms with Gasteiger partial charge in [-0.1, -0.05) is 62.4 Å². The Balaban J connectivity index is 1.22. The molecular weight excluding hydrogens is 532 g/mol. The van der Waals surface area contributed by atoms with Crippen LogP contribution in [0.25, 0.3) is 32.9 Å². The van der Waals surface area contributed by atoms with Gasteiger partial charge in [0.2, 0.25) is 0 Å². The summed E-state index contributed by atoms with van der Waals surface area (Å²) in [7, 11) is 0. The second kappa shape index (κ2) is 11.1. The number of fused-ring (bicyclic) bond motifs is 2. The minimum Gasteiger partial charge on any atom is -0.465 e. The van der Waals surface area contributed by atoms with Gasteiger partial charge in [-0.2, -0.15) is 10.2 Å². The van der Waals surface area contributed by atoms with Gasteiger partial charge in [0.15, 0.2) is 5.69 Å². The minimum atomic E-state index is -0.869. The van der Waals surface area contributed by atoms with E-state index in [9.17, 15) is 19.5 Å². The molecule has 6 rings (SSSR count). The molecule has 10 nitrogen and oxygen atoms in total. The van der Waals surface area contributed by atoms with Crippen LogP contribution in [0.5, 0.6) is 0 Å². The number of benzene rings is 3. The molecule has 3 aromatic carbocycles. The highest BCUT2D eigenvalue weighted by Gasteiger charge is 2.34. The van der Waals surface area contributed by atoms with Gasteiger partial charge in [-0.3, -0.25) is 14.3 Å². The molecule has 1 aliphatic rings. The van der Waals surface area contributed by atoms with E-state index in [1.807, 2.05) is 59.3 Å². The fourth-order valence-electron chi connectivity index (χ4n) is 6.02. The van der Waals surface area contributed by atoms with Gasteiger partial charge in [-0.25, -0.2) is 9.89 Å². The molecule has 1 fully saturated rings. The average Bonchev–Trinajstić information content (AvgIpc) is 3.36. The van der Waals surface area contributed by atoms with Gasteiger partial charge >= 0.3 is 6.09 Å². The van der Waals surface area contributed by atoms with Gasteiger partial charge < -0.3 is 15.3 Å². The zero-order valence-electron chi connectivity index (χ0n) is 23.4. The quantitative estimate of drug-likeness (QED) is 0.246. The number of aromatic amines is 1. The molecule has 3 N–H and O–H groups in total. The number of anilines is 1. The molecule has 2 aromatic heterocycles. The lowest BCUT2D eigenvalue weighted by molar-refractivity contribution is 0.0666. The predicted molar refractivity (Wildman–Crippen MR) is 162 cm³/mol. The topological polar surface area (TPSA) is 133 Å². The summed E-state index contributed by atoms with van der Waals surface area (Å²) < 4.78 is 1.89. The summed E-state index contributed by atoms with van der Waals surface area (Å²) in [6.07, 6.45) is 0.634. The van der Waals surface area contributed by atoms with Crippen LogP contribution < -0.4 is 10.9 Å². The number of nitrogens with zero attached hydrogens (tertiary/aromatic N) is 4. The molecule has 0 saturated carbocycles. The van der Waals surface area contributed by atoms with Gasteiger partial charge in [-0.05, 0) is 48.9 Å². The van der Waals surface area contributed by atoms with Crippen LogP contribution in [-0.2, 0) is 6.54 Å². The van der Waals surface area contributed by atoms with Crippen LogP contribution in [0.1, 0.15) is 37.2 Å². The Morgan fingerprint density at radius 2 is 1.69 bits per heavy atom. The highest BCUT2D eigenvalue weighted by molar-refractivity contribution is 6.11. The van der Waals surface area contributed by atoms with Crippen molar-refractivity contribution < 1.29 is 14.7 Å². The number of nitrogens with one attached hydrogen (secondary N) is 2. The number of carbonyl (C=O) groups excluding carboxylic acids is 1. The Hall–Kier alpha value is -4.99. The molecule has 2 atom stereocenters. The van der Waals surface area contributed by atoms with E-state index in [-0.39, 0.29) is 29.3 Å². The fraction of sp³-hybridized carbons (Fsp3) is 0.281. The highest BCUT2D eigenvalue weighted by atomic mass is 16.4. The first kappa shape index (κ1) is 27.2. The van der Waals surface area contributed by atoms with E-state index in [2.05, 4.69) is 29.4 Å². The molecule has 0 spiro atoms. The van der Waals surface area contributed by atoms with E-state index in [0.29, 0.717) is 35.6 Å². The number of likely N-dealkylation sites (tertiary alicyclic amines) is 1. The normalized spacial score (nSPS) is 17.2. The lowest BCUT2D eigenvalue weighted by Crippen LogP contribution is -2.48. The number of piperidine rings is 1. The molecule has 0 bridgehead atoms. The van der Waals surface area contributed by atoms with E-state index < -0.39 is 6.09 Å². The smallest absolute Gasteiger partial charge is 0.407 e. The molecular formula is C32H32N6O4. The van der Waals surface area contributed by atoms with Crippen molar-refractivity contribution in [3.05, 3.63) is 88.8 Å². The molecule has 42 heavy (non-hydrogen) atoms. The third kappa shape index (κ3) is 5.11. The summed E-state index contributed by atoms with van der Waals surface area (Å²) in [6.45, 7) is 5.22. The van der Waals surface area contributed by atoms with Crippen LogP contribution in [0, 0.1) is 11.8 Å². The van der Waals surface area contributed by atoms with Crippen LogP contribution in [0.3, 0.4) is 0 Å². The number of H-pyrrole nitrogens is 1. The molecule has 5 aromatic rings. The van der Waals surface area contributed by atoms with Crippen molar-refractivity contribution >= 4 is 39.4 Å². The van der Waals surface area contributed by atoms with Crippen LogP contribution in [0.2, 0.25) is 0 Å². The second-order valence-electron chi connectivity index (χ2n) is 11.2. The van der Waals surface area contributed by atoms with E-state index in [4.69, 9.17) is 5.10 Å². The van der Waals surface area contributed by atoms with Crippen LogP contribution in [0.4, 0.5) is 10.5 Å². The first-order valence-corrected chi connectivity index (χ1v) is 14.1. The highest BCUT2D eigenvalue weighted by Crippen LogP contribution is 2.31. The third-order valence-electron chi connectivity index (χ3n) is 8.19. The monoisotopic (exact) mass is 564 g/mol. The molecule has 214 valence electrons. The Morgan fingerprint density at radius 1 is 1.00 bits per heavy atom. The van der Waals surface area contributed by atoms with Crippen molar-refractivity contribution in [1.82, 2.24) is 24.9 Å². The van der Waals surface area contributed by atoms with Crippen molar-refractivity contribution in [2.45, 2.75) is 39.3 Å². The summed E-state index contributed by atoms with van der Waals surface area (Å²) in [5.41, 5.74) is 3.04. The summed E-state index contributed by atoms with van der Waals surface area (Å²) in [6, 6.07) is 22.3. The van der Waals surface area contributed by atoms with E-state index in [1.165, 1.54) is 0 Å². The van der Waals surface area contributed by atoms with Gasteiger partial charge in [0, 0.05) is 41.2 Å². The van der Waals surface area contributed by atoms with Gasteiger partial charge in [0.25, 0.3) is 11.5 Å². The number of carbonyl (C=O) groups is 2. The molecule has 0 radical (unpaired) electrons. The number of para-hydroxylation sites is 1. The van der Waals surface area contributed by atoms with Crippen LogP contribution in [0.15, 0.2) is 77.6 Å². The zero-order chi connectivity index (χ0) is 29.4. The number of rotatable bonds is 6. The van der Waals surface area contributed by atoms with Crippen molar-refractivity contribution in [2.75, 3.05) is 11.9 Å². The molecule has 1 aliphatic heterocycles. The van der Waals surface area contributed by atoms with Gasteiger partial charge in [0.1, 0.15) is 0 Å². The van der Waals surface area contributed by atoms with Crippen molar-refractivity contribution in [2.24, 2.45) is 11.8 Å². The van der Waals surface area contributed by atoms with Crippen molar-refractivity contribution in [3.8, 4) is 11.3 Å². The van der Waals surface area contributed by atoms with Gasteiger partial charge in [0.05, 0.1) is 16.6 Å². The largest absolute Gasteiger partial charge is 0.465 e. The number of amides is 2. The standard InChI is InChI=1S/C32H32N6O4/c1-19(2)27-17-20(15-16-37(27)32(41)42)18-38-26-10-6-5-9-25(26)29(36-38)31(40)33-22-13-11-21(12-14-22)28-23-7-3-4-8-24(23)30(39)35-34-28/h3-14,19-20,27H,15-18H2,1-2H3,(H,33,40)(H,35,39)(H,41,42). The Morgan fingerprint density at radius 3 is 2.40 bits per heavy atom. The third-order valence-corrected chi connectivity index (χ3v) is 8.19. The number of carboxylic acid groups (broad SMARTS) is 1. The molecule has 2 unspecified atom stereocenters. The Labute approximate surface area is 242 Å². The summed E-state index contributed by atoms with van der Waals surface area (Å²) in [5, 5.41) is 26.2. The SMILES string of the molecule is CC(C)C1CC(Cn2nc(C(=O)Nc3ccc(-c4n[nH]c(=O)c5ccccc45)cc3)c3ccccc32)CCN1C(=O)O. The molecule has 2 amide bonds. The van der Waals surface area contributed by atoms with E-state index >= 15 is 0 Å². The lowest BCUT2D eigenvalue weighted by Gasteiger charge is -2.40.